The van der Waals surface area contributed by atoms with Gasteiger partial charge in [-0.3, -0.25) is 0 Å². The topological polar surface area (TPSA) is 75.8 Å². The molecule has 0 spiro atoms. The largest absolute Gasteiger partial charge is 0.462 e. The van der Waals surface area contributed by atoms with E-state index >= 15 is 0 Å². The summed E-state index contributed by atoms with van der Waals surface area (Å²) in [4.78, 5) is 13.5. The second-order valence-corrected chi connectivity index (χ2v) is 3.80. The second-order valence-electron chi connectivity index (χ2n) is 3.80. The molecule has 0 atom stereocenters. The zero-order chi connectivity index (χ0) is 13.5. The van der Waals surface area contributed by atoms with Gasteiger partial charge >= 0.3 is 5.97 Å². The van der Waals surface area contributed by atoms with Crippen molar-refractivity contribution in [2.45, 2.75) is 13.8 Å². The molecule has 1 aromatic carbocycles. The monoisotopic (exact) mass is 252 g/mol. The summed E-state index contributed by atoms with van der Waals surface area (Å²) in [7, 11) is 0. The molecule has 0 saturated carbocycles. The standard InChI is InChI=1S/C13H20N2O3/c1-3-15(7-8-16)12-6-5-10(9-11(12)14)13(17)18-4-2/h5-6,9,16H,3-4,7-8,14H2,1-2H3. The third kappa shape index (κ3) is 3.37. The van der Waals surface area contributed by atoms with Crippen molar-refractivity contribution in [2.24, 2.45) is 0 Å². The van der Waals surface area contributed by atoms with E-state index in [1.54, 1.807) is 25.1 Å². The minimum atomic E-state index is -0.374. The van der Waals surface area contributed by atoms with Crippen molar-refractivity contribution < 1.29 is 14.6 Å². The molecule has 18 heavy (non-hydrogen) atoms. The van der Waals surface area contributed by atoms with Gasteiger partial charge in [-0.2, -0.15) is 0 Å². The molecule has 0 saturated heterocycles. The Hall–Kier alpha value is -1.75. The van der Waals surface area contributed by atoms with Gasteiger partial charge in [0.1, 0.15) is 0 Å². The number of rotatable bonds is 6. The van der Waals surface area contributed by atoms with Crippen molar-refractivity contribution in [2.75, 3.05) is 36.9 Å². The van der Waals surface area contributed by atoms with Crippen LogP contribution in [0.3, 0.4) is 0 Å². The first kappa shape index (κ1) is 14.3. The molecule has 100 valence electrons. The molecule has 0 aromatic heterocycles. The molecule has 0 unspecified atom stereocenters. The maximum absolute atomic E-state index is 11.5. The van der Waals surface area contributed by atoms with Crippen LogP contribution >= 0.6 is 0 Å². The molecule has 1 rings (SSSR count). The first-order valence-electron chi connectivity index (χ1n) is 6.06. The van der Waals surface area contributed by atoms with Crippen LogP contribution in [0.5, 0.6) is 0 Å². The Kier molecular flexibility index (Phi) is 5.45. The van der Waals surface area contributed by atoms with Gasteiger partial charge in [-0.1, -0.05) is 0 Å². The van der Waals surface area contributed by atoms with E-state index in [1.165, 1.54) is 0 Å². The fraction of sp³-hybridized carbons (Fsp3) is 0.462. The Morgan fingerprint density at radius 3 is 2.67 bits per heavy atom. The fourth-order valence-corrected chi connectivity index (χ4v) is 1.75. The highest BCUT2D eigenvalue weighted by atomic mass is 16.5. The lowest BCUT2D eigenvalue weighted by Gasteiger charge is -2.23. The van der Waals surface area contributed by atoms with Gasteiger partial charge in [0.05, 0.1) is 30.2 Å². The maximum Gasteiger partial charge on any atom is 0.338 e. The number of hydrogen-bond donors (Lipinski definition) is 2. The molecule has 5 nitrogen and oxygen atoms in total. The predicted molar refractivity (Wildman–Crippen MR) is 71.8 cm³/mol. The number of benzene rings is 1. The zero-order valence-corrected chi connectivity index (χ0v) is 10.8. The van der Waals surface area contributed by atoms with Crippen LogP contribution in [0.2, 0.25) is 0 Å². The molecule has 0 aliphatic rings. The van der Waals surface area contributed by atoms with Crippen LogP contribution in [0.25, 0.3) is 0 Å². The van der Waals surface area contributed by atoms with Crippen LogP contribution in [0.1, 0.15) is 24.2 Å². The van der Waals surface area contributed by atoms with Crippen molar-refractivity contribution in [1.82, 2.24) is 0 Å². The Bertz CT molecular complexity index is 407. The van der Waals surface area contributed by atoms with Crippen LogP contribution < -0.4 is 10.6 Å². The maximum atomic E-state index is 11.5. The normalized spacial score (nSPS) is 10.2. The molecule has 0 heterocycles. The lowest BCUT2D eigenvalue weighted by atomic mass is 10.1. The van der Waals surface area contributed by atoms with E-state index < -0.39 is 0 Å². The van der Waals surface area contributed by atoms with E-state index in [0.29, 0.717) is 24.4 Å². The number of nitrogens with zero attached hydrogens (tertiary/aromatic N) is 1. The van der Waals surface area contributed by atoms with E-state index in [0.717, 1.165) is 12.2 Å². The van der Waals surface area contributed by atoms with E-state index in [2.05, 4.69) is 0 Å². The van der Waals surface area contributed by atoms with Gasteiger partial charge in [0.25, 0.3) is 0 Å². The van der Waals surface area contributed by atoms with Crippen molar-refractivity contribution in [1.29, 1.82) is 0 Å². The summed E-state index contributed by atoms with van der Waals surface area (Å²) in [5.74, 6) is -0.374. The molecular formula is C13H20N2O3. The highest BCUT2D eigenvalue weighted by Gasteiger charge is 2.12. The molecule has 0 aliphatic carbocycles. The van der Waals surface area contributed by atoms with Crippen molar-refractivity contribution in [3.05, 3.63) is 23.8 Å². The molecular weight excluding hydrogens is 232 g/mol. The van der Waals surface area contributed by atoms with Gasteiger partial charge in [-0.05, 0) is 32.0 Å². The first-order valence-corrected chi connectivity index (χ1v) is 6.06. The van der Waals surface area contributed by atoms with Crippen LogP contribution in [-0.2, 0) is 4.74 Å². The highest BCUT2D eigenvalue weighted by Crippen LogP contribution is 2.24. The number of esters is 1. The quantitative estimate of drug-likeness (QED) is 0.589. The van der Waals surface area contributed by atoms with Crippen molar-refractivity contribution in [3.8, 4) is 0 Å². The lowest BCUT2D eigenvalue weighted by Crippen LogP contribution is -2.27. The zero-order valence-electron chi connectivity index (χ0n) is 10.8. The number of carbonyl (C=O) groups excluding carboxylic acids is 1. The third-order valence-corrected chi connectivity index (χ3v) is 2.63. The molecule has 0 fully saturated rings. The van der Waals surface area contributed by atoms with E-state index in [-0.39, 0.29) is 12.6 Å². The minimum Gasteiger partial charge on any atom is -0.462 e. The molecule has 3 N–H and O–H groups in total. The summed E-state index contributed by atoms with van der Waals surface area (Å²) >= 11 is 0. The number of likely N-dealkylation sites (N-methyl/N-ethyl adjacent to an activating group) is 1. The van der Waals surface area contributed by atoms with Gasteiger partial charge in [-0.25, -0.2) is 4.79 Å². The number of aliphatic hydroxyl groups excluding tert-OH is 1. The molecule has 0 aliphatic heterocycles. The Balaban J connectivity index is 2.94. The van der Waals surface area contributed by atoms with E-state index in [9.17, 15) is 4.79 Å². The Morgan fingerprint density at radius 2 is 2.17 bits per heavy atom. The summed E-state index contributed by atoms with van der Waals surface area (Å²) < 4.78 is 4.91. The Morgan fingerprint density at radius 1 is 1.44 bits per heavy atom. The molecule has 1 aromatic rings. The van der Waals surface area contributed by atoms with Gasteiger partial charge in [0.2, 0.25) is 0 Å². The van der Waals surface area contributed by atoms with Crippen LogP contribution in [0.4, 0.5) is 11.4 Å². The first-order chi connectivity index (χ1) is 8.63. The van der Waals surface area contributed by atoms with Gasteiger partial charge < -0.3 is 20.5 Å². The number of nitrogen functional groups attached to an aromatic ring is 1. The number of carbonyl (C=O) groups is 1. The Labute approximate surface area is 107 Å². The smallest absolute Gasteiger partial charge is 0.338 e. The molecule has 0 amide bonds. The van der Waals surface area contributed by atoms with Gasteiger partial charge in [0.15, 0.2) is 0 Å². The van der Waals surface area contributed by atoms with Crippen LogP contribution in [0.15, 0.2) is 18.2 Å². The molecule has 0 radical (unpaired) electrons. The molecule has 5 heteroatoms. The predicted octanol–water partition coefficient (Wildman–Crippen LogP) is 1.26. The number of nitrogens with two attached hydrogens (primary N) is 1. The van der Waals surface area contributed by atoms with Gasteiger partial charge in [-0.15, -0.1) is 0 Å². The van der Waals surface area contributed by atoms with E-state index in [4.69, 9.17) is 15.6 Å². The average Bonchev–Trinajstić information content (AvgIpc) is 2.36. The van der Waals surface area contributed by atoms with Crippen molar-refractivity contribution >= 4 is 17.3 Å². The number of aliphatic hydroxyl groups is 1. The lowest BCUT2D eigenvalue weighted by molar-refractivity contribution is 0.0526. The number of ether oxygens (including phenoxy) is 1. The van der Waals surface area contributed by atoms with Crippen molar-refractivity contribution in [3.63, 3.8) is 0 Å². The van der Waals surface area contributed by atoms with Gasteiger partial charge in [0, 0.05) is 13.1 Å². The summed E-state index contributed by atoms with van der Waals surface area (Å²) in [6, 6.07) is 5.07. The summed E-state index contributed by atoms with van der Waals surface area (Å²) in [5, 5.41) is 8.98. The fourth-order valence-electron chi connectivity index (χ4n) is 1.75. The average molecular weight is 252 g/mol. The number of anilines is 2. The van der Waals surface area contributed by atoms with Crippen LogP contribution in [-0.4, -0.2) is 37.4 Å². The van der Waals surface area contributed by atoms with E-state index in [1.807, 2.05) is 11.8 Å². The van der Waals surface area contributed by atoms with Crippen LogP contribution in [0, 0.1) is 0 Å². The molecule has 0 bridgehead atoms. The summed E-state index contributed by atoms with van der Waals surface area (Å²) in [5.41, 5.74) is 7.70. The summed E-state index contributed by atoms with van der Waals surface area (Å²) in [6.45, 7) is 5.39. The number of hydrogen-bond acceptors (Lipinski definition) is 5. The second kappa shape index (κ2) is 6.86. The SMILES string of the molecule is CCOC(=O)c1ccc(N(CC)CCO)c(N)c1. The highest BCUT2D eigenvalue weighted by molar-refractivity contribution is 5.92. The minimum absolute atomic E-state index is 0.0624. The third-order valence-electron chi connectivity index (χ3n) is 2.63. The summed E-state index contributed by atoms with van der Waals surface area (Å²) in [6.07, 6.45) is 0.